The van der Waals surface area contributed by atoms with Gasteiger partial charge in [-0.2, -0.15) is 0 Å². The normalized spacial score (nSPS) is 10.3. The predicted molar refractivity (Wildman–Crippen MR) is 64.6 cm³/mol. The van der Waals surface area contributed by atoms with E-state index in [4.69, 9.17) is 5.73 Å². The van der Waals surface area contributed by atoms with Crippen molar-refractivity contribution in [3.8, 4) is 0 Å². The maximum absolute atomic E-state index is 11.1. The molecule has 4 nitrogen and oxygen atoms in total. The summed E-state index contributed by atoms with van der Waals surface area (Å²) in [6.07, 6.45) is 1.48. The van der Waals surface area contributed by atoms with Gasteiger partial charge in [0.25, 0.3) is 5.56 Å². The minimum atomic E-state index is -0.163. The molecule has 0 saturated carbocycles. The first-order chi connectivity index (χ1) is 7.66. The Morgan fingerprint density at radius 2 is 2.19 bits per heavy atom. The number of rotatable bonds is 2. The first-order valence-electron chi connectivity index (χ1n) is 4.75. The topological polar surface area (TPSA) is 71.8 Å². The number of nitrogens with zero attached hydrogens (tertiary/aromatic N) is 1. The first-order valence-corrected chi connectivity index (χ1v) is 5.57. The third kappa shape index (κ3) is 2.25. The van der Waals surface area contributed by atoms with Crippen LogP contribution < -0.4 is 11.3 Å². The van der Waals surface area contributed by atoms with Gasteiger partial charge in [0.1, 0.15) is 0 Å². The summed E-state index contributed by atoms with van der Waals surface area (Å²) in [4.78, 5) is 18.7. The highest BCUT2D eigenvalue weighted by atomic mass is 32.2. The molecular formula is C11H11N3OS. The van der Waals surface area contributed by atoms with Gasteiger partial charge in [-0.3, -0.25) is 4.79 Å². The molecule has 5 heteroatoms. The van der Waals surface area contributed by atoms with Gasteiger partial charge in [-0.15, -0.1) is 0 Å². The van der Waals surface area contributed by atoms with E-state index in [2.05, 4.69) is 9.97 Å². The average molecular weight is 233 g/mol. The second-order valence-corrected chi connectivity index (χ2v) is 4.36. The lowest BCUT2D eigenvalue weighted by atomic mass is 10.2. The fourth-order valence-corrected chi connectivity index (χ4v) is 2.14. The molecule has 2 aromatic rings. The van der Waals surface area contributed by atoms with Crippen LogP contribution in [0.25, 0.3) is 0 Å². The molecule has 0 amide bonds. The van der Waals surface area contributed by atoms with Gasteiger partial charge in [0, 0.05) is 22.8 Å². The maximum Gasteiger partial charge on any atom is 0.251 e. The van der Waals surface area contributed by atoms with Crippen LogP contribution in [-0.4, -0.2) is 9.97 Å². The number of hydrogen-bond acceptors (Lipinski definition) is 4. The summed E-state index contributed by atoms with van der Waals surface area (Å²) in [6, 6.07) is 7.15. The van der Waals surface area contributed by atoms with Crippen molar-refractivity contribution in [3.05, 3.63) is 46.4 Å². The molecule has 16 heavy (non-hydrogen) atoms. The van der Waals surface area contributed by atoms with Crippen LogP contribution in [-0.2, 0) is 0 Å². The number of nitrogens with two attached hydrogens (primary N) is 1. The largest absolute Gasteiger partial charge is 0.398 e. The summed E-state index contributed by atoms with van der Waals surface area (Å²) in [7, 11) is 0. The molecule has 0 radical (unpaired) electrons. The van der Waals surface area contributed by atoms with Crippen LogP contribution in [0.15, 0.2) is 45.3 Å². The van der Waals surface area contributed by atoms with Gasteiger partial charge in [-0.25, -0.2) is 4.98 Å². The monoisotopic (exact) mass is 233 g/mol. The van der Waals surface area contributed by atoms with E-state index >= 15 is 0 Å². The Balaban J connectivity index is 2.34. The van der Waals surface area contributed by atoms with Crippen molar-refractivity contribution in [3.63, 3.8) is 0 Å². The molecule has 2 rings (SSSR count). The molecule has 0 aliphatic rings. The molecule has 0 bridgehead atoms. The van der Waals surface area contributed by atoms with Crippen LogP contribution in [0, 0.1) is 6.92 Å². The highest BCUT2D eigenvalue weighted by Gasteiger charge is 2.04. The van der Waals surface area contributed by atoms with Crippen molar-refractivity contribution < 1.29 is 0 Å². The Hall–Kier alpha value is -1.75. The summed E-state index contributed by atoms with van der Waals surface area (Å²) < 4.78 is 0. The Kier molecular flexibility index (Phi) is 2.96. The number of nitrogen functional groups attached to an aromatic ring is 1. The zero-order chi connectivity index (χ0) is 11.5. The molecule has 0 aliphatic carbocycles. The minimum absolute atomic E-state index is 0.163. The van der Waals surface area contributed by atoms with Gasteiger partial charge < -0.3 is 10.7 Å². The zero-order valence-corrected chi connectivity index (χ0v) is 9.54. The van der Waals surface area contributed by atoms with Crippen molar-refractivity contribution in [2.75, 3.05) is 5.73 Å². The molecule has 3 N–H and O–H groups in total. The highest BCUT2D eigenvalue weighted by molar-refractivity contribution is 7.99. The molecule has 0 saturated heterocycles. The van der Waals surface area contributed by atoms with E-state index in [1.54, 1.807) is 0 Å². The van der Waals surface area contributed by atoms with E-state index in [1.165, 1.54) is 24.0 Å². The molecule has 1 aromatic heterocycles. The molecular weight excluding hydrogens is 222 g/mol. The van der Waals surface area contributed by atoms with E-state index in [-0.39, 0.29) is 5.56 Å². The van der Waals surface area contributed by atoms with Crippen LogP contribution in [0.1, 0.15) is 5.56 Å². The van der Waals surface area contributed by atoms with E-state index in [0.29, 0.717) is 5.16 Å². The van der Waals surface area contributed by atoms with Crippen molar-refractivity contribution >= 4 is 17.4 Å². The zero-order valence-electron chi connectivity index (χ0n) is 8.73. The van der Waals surface area contributed by atoms with Crippen LogP contribution >= 0.6 is 11.8 Å². The molecule has 1 aromatic carbocycles. The fraction of sp³-hybridized carbons (Fsp3) is 0.0909. The Morgan fingerprint density at radius 1 is 1.38 bits per heavy atom. The van der Waals surface area contributed by atoms with Crippen LogP contribution in [0.3, 0.4) is 0 Å². The van der Waals surface area contributed by atoms with Gasteiger partial charge in [0.05, 0.1) is 0 Å². The number of aromatic nitrogens is 2. The van der Waals surface area contributed by atoms with Gasteiger partial charge >= 0.3 is 0 Å². The number of aromatic amines is 1. The number of anilines is 1. The van der Waals surface area contributed by atoms with Gasteiger partial charge in [-0.05, 0) is 30.3 Å². The quantitative estimate of drug-likeness (QED) is 0.613. The lowest BCUT2D eigenvalue weighted by Gasteiger charge is -2.06. The predicted octanol–water partition coefficient (Wildman–Crippen LogP) is 1.81. The standard InChI is InChI=1S/C11H11N3OS/c1-7-3-2-4-8(10(7)12)16-11-13-6-5-9(15)14-11/h2-6H,12H2,1H3,(H,13,14,15). The summed E-state index contributed by atoms with van der Waals surface area (Å²) in [5.41, 5.74) is 7.50. The van der Waals surface area contributed by atoms with Gasteiger partial charge in [-0.1, -0.05) is 12.1 Å². The maximum atomic E-state index is 11.1. The Labute approximate surface area is 96.9 Å². The molecule has 0 atom stereocenters. The average Bonchev–Trinajstić information content (AvgIpc) is 2.25. The second-order valence-electron chi connectivity index (χ2n) is 3.33. The number of benzene rings is 1. The van der Waals surface area contributed by atoms with Crippen LogP contribution in [0.2, 0.25) is 0 Å². The van der Waals surface area contributed by atoms with Gasteiger partial charge in [0.15, 0.2) is 5.16 Å². The minimum Gasteiger partial charge on any atom is -0.398 e. The van der Waals surface area contributed by atoms with E-state index < -0.39 is 0 Å². The molecule has 0 aliphatic heterocycles. The van der Waals surface area contributed by atoms with Crippen molar-refractivity contribution in [1.29, 1.82) is 0 Å². The van der Waals surface area contributed by atoms with Crippen LogP contribution in [0.5, 0.6) is 0 Å². The molecule has 0 unspecified atom stereocenters. The summed E-state index contributed by atoms with van der Waals surface area (Å²) >= 11 is 1.35. The molecule has 0 spiro atoms. The third-order valence-corrected chi connectivity index (χ3v) is 3.12. The number of hydrogen-bond donors (Lipinski definition) is 2. The Bertz CT molecular complexity index is 565. The number of H-pyrrole nitrogens is 1. The molecule has 0 fully saturated rings. The van der Waals surface area contributed by atoms with E-state index in [0.717, 1.165) is 16.1 Å². The number of nitrogens with one attached hydrogen (secondary N) is 1. The van der Waals surface area contributed by atoms with Gasteiger partial charge in [0.2, 0.25) is 0 Å². The summed E-state index contributed by atoms with van der Waals surface area (Å²) in [6.45, 7) is 1.94. The first kappa shape index (κ1) is 10.8. The second kappa shape index (κ2) is 4.40. The fourth-order valence-electron chi connectivity index (χ4n) is 1.25. The van der Waals surface area contributed by atoms with Crippen LogP contribution in [0.4, 0.5) is 5.69 Å². The lowest BCUT2D eigenvalue weighted by Crippen LogP contribution is -2.05. The molecule has 82 valence electrons. The van der Waals surface area contributed by atoms with Crippen molar-refractivity contribution in [2.45, 2.75) is 17.0 Å². The summed E-state index contributed by atoms with van der Waals surface area (Å²) in [5.74, 6) is 0. The highest BCUT2D eigenvalue weighted by Crippen LogP contribution is 2.30. The molecule has 1 heterocycles. The third-order valence-electron chi connectivity index (χ3n) is 2.14. The lowest BCUT2D eigenvalue weighted by molar-refractivity contribution is 0.937. The van der Waals surface area contributed by atoms with Crippen molar-refractivity contribution in [2.24, 2.45) is 0 Å². The summed E-state index contributed by atoms with van der Waals surface area (Å²) in [5, 5.41) is 0.546. The van der Waals surface area contributed by atoms with E-state index in [9.17, 15) is 4.79 Å². The Morgan fingerprint density at radius 3 is 2.94 bits per heavy atom. The number of aryl methyl sites for hydroxylation is 1. The smallest absolute Gasteiger partial charge is 0.251 e. The SMILES string of the molecule is Cc1cccc(Sc2nccc(=O)[nH]2)c1N. The van der Waals surface area contributed by atoms with Crippen molar-refractivity contribution in [1.82, 2.24) is 9.97 Å². The number of para-hydroxylation sites is 1. The van der Waals surface area contributed by atoms with E-state index in [1.807, 2.05) is 25.1 Å².